The Morgan fingerprint density at radius 3 is 2.65 bits per heavy atom. The number of pyridine rings is 1. The largest absolute Gasteiger partial charge is 0.481 e. The molecular formula is C14H11Cl2N3O. The van der Waals surface area contributed by atoms with Crippen molar-refractivity contribution in [1.82, 2.24) is 14.5 Å². The zero-order valence-electron chi connectivity index (χ0n) is 10.7. The van der Waals surface area contributed by atoms with Gasteiger partial charge in [0.05, 0.1) is 23.7 Å². The quantitative estimate of drug-likeness (QED) is 0.691. The van der Waals surface area contributed by atoms with Crippen molar-refractivity contribution in [3.63, 3.8) is 0 Å². The summed E-state index contributed by atoms with van der Waals surface area (Å²) in [5.74, 6) is 1.48. The van der Waals surface area contributed by atoms with E-state index in [2.05, 4.69) is 9.97 Å². The van der Waals surface area contributed by atoms with Crippen LogP contribution in [0.25, 0.3) is 16.9 Å². The number of alkyl halides is 1. The molecule has 0 saturated heterocycles. The van der Waals surface area contributed by atoms with Crippen molar-refractivity contribution in [2.75, 3.05) is 7.11 Å². The van der Waals surface area contributed by atoms with Gasteiger partial charge in [-0.25, -0.2) is 4.98 Å². The Hall–Kier alpha value is -1.78. The Morgan fingerprint density at radius 2 is 1.95 bits per heavy atom. The summed E-state index contributed by atoms with van der Waals surface area (Å²) in [6, 6.07) is 11.1. The second kappa shape index (κ2) is 5.31. The number of hydrogen-bond donors (Lipinski definition) is 0. The second-order valence-corrected chi connectivity index (χ2v) is 4.82. The van der Waals surface area contributed by atoms with Crippen LogP contribution in [0, 0.1) is 0 Å². The van der Waals surface area contributed by atoms with Gasteiger partial charge in [-0.05, 0) is 18.2 Å². The maximum absolute atomic E-state index is 6.27. The van der Waals surface area contributed by atoms with Crippen LogP contribution in [-0.4, -0.2) is 21.6 Å². The lowest BCUT2D eigenvalue weighted by atomic mass is 10.3. The van der Waals surface area contributed by atoms with Gasteiger partial charge < -0.3 is 4.74 Å². The van der Waals surface area contributed by atoms with Crippen molar-refractivity contribution in [2.24, 2.45) is 0 Å². The summed E-state index contributed by atoms with van der Waals surface area (Å²) in [6.07, 6.45) is 0. The average molecular weight is 308 g/mol. The molecule has 2 heterocycles. The van der Waals surface area contributed by atoms with Gasteiger partial charge >= 0.3 is 0 Å². The van der Waals surface area contributed by atoms with Crippen LogP contribution in [0.2, 0.25) is 5.02 Å². The van der Waals surface area contributed by atoms with Crippen LogP contribution in [0.15, 0.2) is 36.4 Å². The lowest BCUT2D eigenvalue weighted by Gasteiger charge is -2.09. The highest BCUT2D eigenvalue weighted by atomic mass is 35.5. The van der Waals surface area contributed by atoms with E-state index in [0.29, 0.717) is 22.4 Å². The predicted molar refractivity (Wildman–Crippen MR) is 80.0 cm³/mol. The Labute approximate surface area is 125 Å². The molecule has 0 aliphatic carbocycles. The number of halogens is 2. The van der Waals surface area contributed by atoms with Crippen molar-refractivity contribution >= 4 is 34.4 Å². The van der Waals surface area contributed by atoms with Gasteiger partial charge in [0.2, 0.25) is 5.88 Å². The van der Waals surface area contributed by atoms with Gasteiger partial charge in [-0.2, -0.15) is 4.98 Å². The molecule has 102 valence electrons. The lowest BCUT2D eigenvalue weighted by Crippen LogP contribution is -2.01. The van der Waals surface area contributed by atoms with E-state index in [-0.39, 0.29) is 5.88 Å². The zero-order valence-corrected chi connectivity index (χ0v) is 12.2. The van der Waals surface area contributed by atoms with Gasteiger partial charge in [-0.1, -0.05) is 23.7 Å². The fourth-order valence-corrected chi connectivity index (χ4v) is 2.48. The Kier molecular flexibility index (Phi) is 3.51. The van der Waals surface area contributed by atoms with Gasteiger partial charge in [0.1, 0.15) is 11.3 Å². The average Bonchev–Trinajstić information content (AvgIpc) is 2.85. The number of imidazole rings is 1. The topological polar surface area (TPSA) is 39.9 Å². The molecular weight excluding hydrogens is 297 g/mol. The summed E-state index contributed by atoms with van der Waals surface area (Å²) in [7, 11) is 1.58. The normalized spacial score (nSPS) is 10.9. The SMILES string of the molecule is COc1ccc2nc(CCl)n(-c3ccccc3Cl)c2n1. The summed E-state index contributed by atoms with van der Waals surface area (Å²) in [4.78, 5) is 8.92. The zero-order chi connectivity index (χ0) is 14.1. The number of fused-ring (bicyclic) bond motifs is 1. The molecule has 0 fully saturated rings. The molecule has 0 bridgehead atoms. The van der Waals surface area contributed by atoms with Crippen LogP contribution >= 0.6 is 23.2 Å². The van der Waals surface area contributed by atoms with Crippen molar-refractivity contribution in [3.8, 4) is 11.6 Å². The molecule has 6 heteroatoms. The monoisotopic (exact) mass is 307 g/mol. The Morgan fingerprint density at radius 1 is 1.15 bits per heavy atom. The lowest BCUT2D eigenvalue weighted by molar-refractivity contribution is 0.399. The molecule has 0 aliphatic heterocycles. The third-order valence-electron chi connectivity index (χ3n) is 2.97. The molecule has 0 saturated carbocycles. The maximum Gasteiger partial charge on any atom is 0.215 e. The van der Waals surface area contributed by atoms with E-state index in [1.165, 1.54) is 0 Å². The first-order chi connectivity index (χ1) is 9.74. The van der Waals surface area contributed by atoms with E-state index in [9.17, 15) is 0 Å². The fraction of sp³-hybridized carbons (Fsp3) is 0.143. The van der Waals surface area contributed by atoms with E-state index in [0.717, 1.165) is 11.2 Å². The van der Waals surface area contributed by atoms with Crippen molar-refractivity contribution in [3.05, 3.63) is 47.2 Å². The molecule has 0 radical (unpaired) electrons. The van der Waals surface area contributed by atoms with E-state index >= 15 is 0 Å². The smallest absolute Gasteiger partial charge is 0.215 e. The van der Waals surface area contributed by atoms with Crippen LogP contribution < -0.4 is 4.74 Å². The molecule has 0 unspecified atom stereocenters. The molecule has 4 nitrogen and oxygen atoms in total. The fourth-order valence-electron chi connectivity index (χ4n) is 2.08. The summed E-state index contributed by atoms with van der Waals surface area (Å²) >= 11 is 12.3. The number of hydrogen-bond acceptors (Lipinski definition) is 3. The van der Waals surface area contributed by atoms with E-state index in [1.807, 2.05) is 34.9 Å². The predicted octanol–water partition coefficient (Wildman–Crippen LogP) is 3.82. The number of rotatable bonds is 3. The molecule has 0 spiro atoms. The van der Waals surface area contributed by atoms with Gasteiger partial charge in [0, 0.05) is 6.07 Å². The highest BCUT2D eigenvalue weighted by molar-refractivity contribution is 6.32. The van der Waals surface area contributed by atoms with Crippen molar-refractivity contribution in [1.29, 1.82) is 0 Å². The minimum atomic E-state index is 0.268. The minimum absolute atomic E-state index is 0.268. The molecule has 0 atom stereocenters. The number of benzene rings is 1. The molecule has 2 aromatic heterocycles. The number of para-hydroxylation sites is 1. The van der Waals surface area contributed by atoms with E-state index in [4.69, 9.17) is 27.9 Å². The Bertz CT molecular complexity index is 770. The maximum atomic E-state index is 6.27. The number of aromatic nitrogens is 3. The van der Waals surface area contributed by atoms with Crippen LogP contribution in [0.3, 0.4) is 0 Å². The first-order valence-electron chi connectivity index (χ1n) is 5.98. The highest BCUT2D eigenvalue weighted by Gasteiger charge is 2.15. The third-order valence-corrected chi connectivity index (χ3v) is 3.53. The number of nitrogens with zero attached hydrogens (tertiary/aromatic N) is 3. The second-order valence-electron chi connectivity index (χ2n) is 4.14. The summed E-state index contributed by atoms with van der Waals surface area (Å²) < 4.78 is 7.02. The third kappa shape index (κ3) is 2.11. The molecule has 0 amide bonds. The van der Waals surface area contributed by atoms with Gasteiger partial charge in [-0.15, -0.1) is 11.6 Å². The molecule has 1 aromatic carbocycles. The molecule has 3 rings (SSSR count). The molecule has 0 N–H and O–H groups in total. The standard InChI is InChI=1S/C14H11Cl2N3O/c1-20-13-7-6-10-14(18-13)19(12(8-15)17-10)11-5-3-2-4-9(11)16/h2-7H,8H2,1H3. The van der Waals surface area contributed by atoms with Gasteiger partial charge in [0.15, 0.2) is 5.65 Å². The summed E-state index contributed by atoms with van der Waals surface area (Å²) in [6.45, 7) is 0. The van der Waals surface area contributed by atoms with Crippen molar-refractivity contribution in [2.45, 2.75) is 5.88 Å². The minimum Gasteiger partial charge on any atom is -0.481 e. The van der Waals surface area contributed by atoms with Crippen LogP contribution in [-0.2, 0) is 5.88 Å². The van der Waals surface area contributed by atoms with Crippen LogP contribution in [0.1, 0.15) is 5.82 Å². The Balaban J connectivity index is 2.35. The number of ether oxygens (including phenoxy) is 1. The van der Waals surface area contributed by atoms with Crippen molar-refractivity contribution < 1.29 is 4.74 Å². The molecule has 0 aliphatic rings. The molecule has 3 aromatic rings. The first-order valence-corrected chi connectivity index (χ1v) is 6.89. The van der Waals surface area contributed by atoms with E-state index < -0.39 is 0 Å². The van der Waals surface area contributed by atoms with Gasteiger partial charge in [0.25, 0.3) is 0 Å². The van der Waals surface area contributed by atoms with Gasteiger partial charge in [-0.3, -0.25) is 4.57 Å². The highest BCUT2D eigenvalue weighted by Crippen LogP contribution is 2.27. The summed E-state index contributed by atoms with van der Waals surface area (Å²) in [5.41, 5.74) is 2.22. The van der Waals surface area contributed by atoms with E-state index in [1.54, 1.807) is 13.2 Å². The van der Waals surface area contributed by atoms with Crippen LogP contribution in [0.5, 0.6) is 5.88 Å². The first kappa shape index (κ1) is 13.2. The van der Waals surface area contributed by atoms with Crippen LogP contribution in [0.4, 0.5) is 0 Å². The summed E-state index contributed by atoms with van der Waals surface area (Å²) in [5, 5.41) is 0.614. The number of methoxy groups -OCH3 is 1. The molecule has 20 heavy (non-hydrogen) atoms.